The Balaban J connectivity index is 1.78. The number of rotatable bonds is 5. The first-order valence-electron chi connectivity index (χ1n) is 5.93. The molecule has 0 spiro atoms. The van der Waals surface area contributed by atoms with Crippen molar-refractivity contribution in [3.63, 3.8) is 0 Å². The first-order chi connectivity index (χ1) is 8.75. The summed E-state index contributed by atoms with van der Waals surface area (Å²) in [5.74, 6) is 1.07. The van der Waals surface area contributed by atoms with Gasteiger partial charge in [0, 0.05) is 27.4 Å². The van der Waals surface area contributed by atoms with Gasteiger partial charge in [0.1, 0.15) is 0 Å². The van der Waals surface area contributed by atoms with Crippen LogP contribution in [0.1, 0.15) is 5.56 Å². The van der Waals surface area contributed by atoms with Crippen LogP contribution in [0.2, 0.25) is 0 Å². The summed E-state index contributed by atoms with van der Waals surface area (Å²) in [5.41, 5.74) is 2.51. The number of hydrogen-bond donors (Lipinski definition) is 1. The van der Waals surface area contributed by atoms with Crippen molar-refractivity contribution in [1.82, 2.24) is 0 Å². The van der Waals surface area contributed by atoms with Gasteiger partial charge in [0.05, 0.1) is 0 Å². The molecule has 0 aromatic heterocycles. The fourth-order valence-electron chi connectivity index (χ4n) is 1.67. The molecule has 2 aromatic rings. The number of aryl methyl sites for hydroxylation is 1. The van der Waals surface area contributed by atoms with Crippen LogP contribution in [0.25, 0.3) is 0 Å². The Bertz CT molecular complexity index is 513. The van der Waals surface area contributed by atoms with Crippen molar-refractivity contribution in [2.75, 3.05) is 17.6 Å². The van der Waals surface area contributed by atoms with E-state index >= 15 is 0 Å². The fraction of sp³-hybridized carbons (Fsp3) is 0.200. The molecule has 94 valence electrons. The molecule has 0 radical (unpaired) electrons. The largest absolute Gasteiger partial charge is 0.384 e. The second-order valence-electron chi connectivity index (χ2n) is 4.05. The van der Waals surface area contributed by atoms with Crippen molar-refractivity contribution in [2.24, 2.45) is 0 Å². The maximum Gasteiger partial charge on any atom is 0.0351 e. The lowest BCUT2D eigenvalue weighted by molar-refractivity contribution is 1.21. The van der Waals surface area contributed by atoms with E-state index in [4.69, 9.17) is 0 Å². The Morgan fingerprint density at radius 1 is 1.11 bits per heavy atom. The van der Waals surface area contributed by atoms with Crippen molar-refractivity contribution in [3.05, 3.63) is 58.6 Å². The Morgan fingerprint density at radius 2 is 1.94 bits per heavy atom. The summed E-state index contributed by atoms with van der Waals surface area (Å²) in [6.45, 7) is 3.12. The van der Waals surface area contributed by atoms with Gasteiger partial charge >= 0.3 is 0 Å². The number of benzene rings is 2. The monoisotopic (exact) mass is 321 g/mol. The predicted octanol–water partition coefficient (Wildman–Crippen LogP) is 4.96. The molecule has 0 bridgehead atoms. The normalized spacial score (nSPS) is 10.3. The molecule has 0 unspecified atom stereocenters. The number of thioether (sulfide) groups is 1. The highest BCUT2D eigenvalue weighted by atomic mass is 79.9. The summed E-state index contributed by atoms with van der Waals surface area (Å²) in [6.07, 6.45) is 0. The molecular weight excluding hydrogens is 306 g/mol. The van der Waals surface area contributed by atoms with E-state index in [1.54, 1.807) is 0 Å². The molecule has 1 N–H and O–H groups in total. The van der Waals surface area contributed by atoms with Crippen molar-refractivity contribution >= 4 is 33.4 Å². The first-order valence-corrected chi connectivity index (χ1v) is 7.71. The molecule has 0 saturated carbocycles. The molecule has 0 aliphatic rings. The topological polar surface area (TPSA) is 12.0 Å². The molecule has 0 aliphatic carbocycles. The molecule has 2 aromatic carbocycles. The summed E-state index contributed by atoms with van der Waals surface area (Å²) in [5, 5.41) is 3.42. The minimum absolute atomic E-state index is 0.968. The lowest BCUT2D eigenvalue weighted by Gasteiger charge is -2.08. The quantitative estimate of drug-likeness (QED) is 0.617. The van der Waals surface area contributed by atoms with Gasteiger partial charge in [0.25, 0.3) is 0 Å². The summed E-state index contributed by atoms with van der Waals surface area (Å²) in [7, 11) is 0. The van der Waals surface area contributed by atoms with Crippen molar-refractivity contribution < 1.29 is 0 Å². The molecule has 0 heterocycles. The Labute approximate surface area is 121 Å². The van der Waals surface area contributed by atoms with Crippen molar-refractivity contribution in [1.29, 1.82) is 0 Å². The SMILES string of the molecule is Cc1ccccc1SCCNc1cccc(Br)c1. The third kappa shape index (κ3) is 4.07. The van der Waals surface area contributed by atoms with Crippen LogP contribution in [-0.4, -0.2) is 12.3 Å². The first kappa shape index (κ1) is 13.5. The van der Waals surface area contributed by atoms with Crippen LogP contribution in [-0.2, 0) is 0 Å². The molecular formula is C15H16BrNS. The van der Waals surface area contributed by atoms with Crippen LogP contribution in [0.3, 0.4) is 0 Å². The maximum absolute atomic E-state index is 3.47. The van der Waals surface area contributed by atoms with Gasteiger partial charge in [-0.2, -0.15) is 0 Å². The minimum atomic E-state index is 0.968. The maximum atomic E-state index is 3.47. The van der Waals surface area contributed by atoms with E-state index in [9.17, 15) is 0 Å². The highest BCUT2D eigenvalue weighted by molar-refractivity contribution is 9.10. The molecule has 18 heavy (non-hydrogen) atoms. The van der Waals surface area contributed by atoms with Gasteiger partial charge in [-0.25, -0.2) is 0 Å². The van der Waals surface area contributed by atoms with Crippen LogP contribution in [0.4, 0.5) is 5.69 Å². The molecule has 0 fully saturated rings. The van der Waals surface area contributed by atoms with Gasteiger partial charge in [-0.15, -0.1) is 11.8 Å². The molecule has 3 heteroatoms. The molecule has 1 nitrogen and oxygen atoms in total. The van der Waals surface area contributed by atoms with E-state index in [0.717, 1.165) is 22.5 Å². The average Bonchev–Trinajstić information content (AvgIpc) is 2.37. The van der Waals surface area contributed by atoms with E-state index in [2.05, 4.69) is 64.6 Å². The molecule has 0 saturated heterocycles. The van der Waals surface area contributed by atoms with Crippen LogP contribution >= 0.6 is 27.7 Å². The van der Waals surface area contributed by atoms with Gasteiger partial charge in [-0.3, -0.25) is 0 Å². The molecule has 2 rings (SSSR count). The van der Waals surface area contributed by atoms with Gasteiger partial charge in [-0.1, -0.05) is 40.2 Å². The van der Waals surface area contributed by atoms with Crippen molar-refractivity contribution in [2.45, 2.75) is 11.8 Å². The number of hydrogen-bond acceptors (Lipinski definition) is 2. The highest BCUT2D eigenvalue weighted by Crippen LogP contribution is 2.21. The zero-order chi connectivity index (χ0) is 12.8. The second kappa shape index (κ2) is 6.86. The summed E-state index contributed by atoms with van der Waals surface area (Å²) in [6, 6.07) is 16.8. The van der Waals surface area contributed by atoms with Crippen LogP contribution < -0.4 is 5.32 Å². The van der Waals surface area contributed by atoms with Gasteiger partial charge in [0.2, 0.25) is 0 Å². The Hall–Kier alpha value is -0.930. The van der Waals surface area contributed by atoms with E-state index in [1.165, 1.54) is 10.5 Å². The standard InChI is InChI=1S/C15H16BrNS/c1-12-5-2-3-8-15(12)18-10-9-17-14-7-4-6-13(16)11-14/h2-8,11,17H,9-10H2,1H3. The summed E-state index contributed by atoms with van der Waals surface area (Å²) in [4.78, 5) is 1.37. The Kier molecular flexibility index (Phi) is 5.14. The molecule has 0 atom stereocenters. The van der Waals surface area contributed by atoms with Crippen LogP contribution in [0.5, 0.6) is 0 Å². The lowest BCUT2D eigenvalue weighted by Crippen LogP contribution is -2.03. The van der Waals surface area contributed by atoms with Gasteiger partial charge in [0.15, 0.2) is 0 Å². The van der Waals surface area contributed by atoms with Gasteiger partial charge in [-0.05, 0) is 36.8 Å². The summed E-state index contributed by atoms with van der Waals surface area (Å²) < 4.78 is 1.11. The molecule has 0 aliphatic heterocycles. The number of anilines is 1. The van der Waals surface area contributed by atoms with Gasteiger partial charge < -0.3 is 5.32 Å². The Morgan fingerprint density at radius 3 is 2.72 bits per heavy atom. The van der Waals surface area contributed by atoms with Crippen molar-refractivity contribution in [3.8, 4) is 0 Å². The smallest absolute Gasteiger partial charge is 0.0351 e. The second-order valence-corrected chi connectivity index (χ2v) is 6.10. The number of halogens is 1. The zero-order valence-electron chi connectivity index (χ0n) is 10.3. The highest BCUT2D eigenvalue weighted by Gasteiger charge is 1.97. The predicted molar refractivity (Wildman–Crippen MR) is 84.5 cm³/mol. The summed E-state index contributed by atoms with van der Waals surface area (Å²) >= 11 is 5.37. The fourth-order valence-corrected chi connectivity index (χ4v) is 2.97. The van der Waals surface area contributed by atoms with E-state index in [-0.39, 0.29) is 0 Å². The molecule has 0 amide bonds. The van der Waals surface area contributed by atoms with E-state index in [0.29, 0.717) is 0 Å². The van der Waals surface area contributed by atoms with E-state index in [1.807, 2.05) is 23.9 Å². The third-order valence-corrected chi connectivity index (χ3v) is 4.28. The van der Waals surface area contributed by atoms with Crippen LogP contribution in [0, 0.1) is 6.92 Å². The average molecular weight is 322 g/mol. The third-order valence-electron chi connectivity index (χ3n) is 2.61. The lowest BCUT2D eigenvalue weighted by atomic mass is 10.2. The minimum Gasteiger partial charge on any atom is -0.384 e. The van der Waals surface area contributed by atoms with E-state index < -0.39 is 0 Å². The number of nitrogens with one attached hydrogen (secondary N) is 1. The zero-order valence-corrected chi connectivity index (χ0v) is 12.7. The van der Waals surface area contributed by atoms with Crippen LogP contribution in [0.15, 0.2) is 57.9 Å².